The maximum Gasteiger partial charge on any atom is 0.251 e. The highest BCUT2D eigenvalue weighted by Crippen LogP contribution is 2.28. The van der Waals surface area contributed by atoms with Crippen molar-refractivity contribution in [1.29, 1.82) is 0 Å². The second-order valence-electron chi connectivity index (χ2n) is 7.49. The third-order valence-corrected chi connectivity index (χ3v) is 5.59. The largest absolute Gasteiger partial charge is 0.358 e. The van der Waals surface area contributed by atoms with Crippen LogP contribution in [0.15, 0.2) is 18.2 Å². The maximum atomic E-state index is 12.5. The minimum atomic E-state index is 0.0398. The van der Waals surface area contributed by atoms with Crippen LogP contribution in [0, 0.1) is 0 Å². The van der Waals surface area contributed by atoms with E-state index in [1.807, 2.05) is 12.1 Å². The first kappa shape index (κ1) is 16.6. The Hall–Kier alpha value is -1.85. The van der Waals surface area contributed by atoms with Gasteiger partial charge in [-0.1, -0.05) is 6.42 Å². The topological polar surface area (TPSA) is 51.4 Å². The molecule has 3 heterocycles. The fourth-order valence-corrected chi connectivity index (χ4v) is 4.10. The average Bonchev–Trinajstić information content (AvgIpc) is 2.99. The highest BCUT2D eigenvalue weighted by Gasteiger charge is 2.19. The number of fused-ring (bicyclic) bond motifs is 3. The van der Waals surface area contributed by atoms with Gasteiger partial charge >= 0.3 is 0 Å². The molecule has 1 saturated heterocycles. The number of hydrogen-bond acceptors (Lipinski definition) is 3. The Morgan fingerprint density at radius 1 is 1.20 bits per heavy atom. The lowest BCUT2D eigenvalue weighted by Gasteiger charge is -2.26. The number of carbonyl (C=O) groups excluding carboxylic acids is 1. The Morgan fingerprint density at radius 2 is 2.04 bits per heavy atom. The Morgan fingerprint density at radius 3 is 2.88 bits per heavy atom. The molecule has 2 N–H and O–H groups in total. The highest BCUT2D eigenvalue weighted by molar-refractivity contribution is 5.99. The zero-order valence-electron chi connectivity index (χ0n) is 15.1. The predicted molar refractivity (Wildman–Crippen MR) is 101 cm³/mol. The predicted octanol–water partition coefficient (Wildman–Crippen LogP) is 2.37. The molecule has 1 aromatic carbocycles. The summed E-state index contributed by atoms with van der Waals surface area (Å²) in [5, 5.41) is 4.29. The standard InChI is InChI=1S/C20H28N4O/c1-23-11-7-19-17(14-23)16-13-15(5-6-18(16)22-19)20(25)21-8-12-24-9-3-2-4-10-24/h5-6,13,22H,2-4,7-12,14H2,1H3,(H,21,25). The van der Waals surface area contributed by atoms with Crippen molar-refractivity contribution in [3.8, 4) is 0 Å². The van der Waals surface area contributed by atoms with Gasteiger partial charge in [-0.15, -0.1) is 0 Å². The average molecular weight is 340 g/mol. The lowest BCUT2D eigenvalue weighted by Crippen LogP contribution is -2.37. The molecule has 1 amide bonds. The molecule has 134 valence electrons. The molecule has 1 fully saturated rings. The summed E-state index contributed by atoms with van der Waals surface area (Å²) in [6, 6.07) is 6.04. The molecule has 2 aliphatic heterocycles. The van der Waals surface area contributed by atoms with Crippen molar-refractivity contribution in [1.82, 2.24) is 20.1 Å². The van der Waals surface area contributed by atoms with Crippen molar-refractivity contribution in [2.24, 2.45) is 0 Å². The minimum absolute atomic E-state index is 0.0398. The summed E-state index contributed by atoms with van der Waals surface area (Å²) >= 11 is 0. The molecule has 0 bridgehead atoms. The van der Waals surface area contributed by atoms with Crippen LogP contribution in [0.3, 0.4) is 0 Å². The van der Waals surface area contributed by atoms with Gasteiger partial charge in [-0.25, -0.2) is 0 Å². The zero-order chi connectivity index (χ0) is 17.2. The molecule has 0 radical (unpaired) electrons. The van der Waals surface area contributed by atoms with E-state index in [4.69, 9.17) is 0 Å². The molecule has 2 aromatic rings. The molecule has 1 aromatic heterocycles. The van der Waals surface area contributed by atoms with Crippen LogP contribution in [0.2, 0.25) is 0 Å². The monoisotopic (exact) mass is 340 g/mol. The summed E-state index contributed by atoms with van der Waals surface area (Å²) in [6.07, 6.45) is 4.98. The summed E-state index contributed by atoms with van der Waals surface area (Å²) in [5.74, 6) is 0.0398. The summed E-state index contributed by atoms with van der Waals surface area (Å²) in [4.78, 5) is 20.8. The molecule has 2 aliphatic rings. The minimum Gasteiger partial charge on any atom is -0.358 e. The second kappa shape index (κ2) is 7.18. The van der Waals surface area contributed by atoms with Gasteiger partial charge in [-0.05, 0) is 56.7 Å². The SMILES string of the molecule is CN1CCc2[nH]c3ccc(C(=O)NCCN4CCCCC4)cc3c2C1. The number of aromatic amines is 1. The quantitative estimate of drug-likeness (QED) is 0.898. The molecule has 0 aliphatic carbocycles. The molecular weight excluding hydrogens is 312 g/mol. The van der Waals surface area contributed by atoms with Crippen LogP contribution in [0.5, 0.6) is 0 Å². The number of carbonyl (C=O) groups is 1. The number of likely N-dealkylation sites (tertiary alicyclic amines) is 1. The lowest BCUT2D eigenvalue weighted by atomic mass is 10.0. The second-order valence-corrected chi connectivity index (χ2v) is 7.49. The highest BCUT2D eigenvalue weighted by atomic mass is 16.1. The molecule has 0 unspecified atom stereocenters. The third kappa shape index (κ3) is 3.58. The van der Waals surface area contributed by atoms with E-state index in [0.717, 1.165) is 43.7 Å². The van der Waals surface area contributed by atoms with Gasteiger partial charge in [0.15, 0.2) is 0 Å². The van der Waals surface area contributed by atoms with Crippen LogP contribution in [-0.2, 0) is 13.0 Å². The maximum absolute atomic E-state index is 12.5. The van der Waals surface area contributed by atoms with E-state index in [0.29, 0.717) is 0 Å². The van der Waals surface area contributed by atoms with Gasteiger partial charge in [0.2, 0.25) is 0 Å². The summed E-state index contributed by atoms with van der Waals surface area (Å²) in [7, 11) is 2.15. The zero-order valence-corrected chi connectivity index (χ0v) is 15.1. The number of aromatic nitrogens is 1. The van der Waals surface area contributed by atoms with Crippen molar-refractivity contribution in [3.63, 3.8) is 0 Å². The smallest absolute Gasteiger partial charge is 0.251 e. The van der Waals surface area contributed by atoms with E-state index in [1.54, 1.807) is 0 Å². The Balaban J connectivity index is 1.43. The van der Waals surface area contributed by atoms with Crippen molar-refractivity contribution in [3.05, 3.63) is 35.0 Å². The van der Waals surface area contributed by atoms with E-state index >= 15 is 0 Å². The van der Waals surface area contributed by atoms with Gasteiger partial charge in [0.1, 0.15) is 0 Å². The van der Waals surface area contributed by atoms with E-state index in [1.165, 1.54) is 49.0 Å². The third-order valence-electron chi connectivity index (χ3n) is 5.59. The Labute approximate surface area is 149 Å². The molecule has 0 spiro atoms. The molecular formula is C20H28N4O. The van der Waals surface area contributed by atoms with Crippen LogP contribution in [0.1, 0.15) is 40.9 Å². The molecule has 0 saturated carbocycles. The number of hydrogen-bond donors (Lipinski definition) is 2. The van der Waals surface area contributed by atoms with Crippen molar-refractivity contribution in [2.45, 2.75) is 32.2 Å². The number of rotatable bonds is 4. The number of amides is 1. The Kier molecular flexibility index (Phi) is 4.77. The van der Waals surface area contributed by atoms with Crippen LogP contribution in [0.4, 0.5) is 0 Å². The number of piperidine rings is 1. The van der Waals surface area contributed by atoms with Crippen molar-refractivity contribution < 1.29 is 4.79 Å². The van der Waals surface area contributed by atoms with E-state index in [9.17, 15) is 4.79 Å². The van der Waals surface area contributed by atoms with E-state index < -0.39 is 0 Å². The van der Waals surface area contributed by atoms with Gasteiger partial charge in [-0.3, -0.25) is 4.79 Å². The van der Waals surface area contributed by atoms with Crippen LogP contribution in [-0.4, -0.2) is 60.5 Å². The lowest BCUT2D eigenvalue weighted by molar-refractivity contribution is 0.0946. The number of H-pyrrole nitrogens is 1. The number of benzene rings is 1. The first-order chi connectivity index (χ1) is 12.2. The first-order valence-corrected chi connectivity index (χ1v) is 9.53. The summed E-state index contributed by atoms with van der Waals surface area (Å²) in [6.45, 7) is 6.07. The van der Waals surface area contributed by atoms with Crippen LogP contribution < -0.4 is 5.32 Å². The van der Waals surface area contributed by atoms with Crippen LogP contribution >= 0.6 is 0 Å². The van der Waals surface area contributed by atoms with E-state index in [-0.39, 0.29) is 5.91 Å². The molecule has 5 nitrogen and oxygen atoms in total. The van der Waals surface area contributed by atoms with Crippen molar-refractivity contribution in [2.75, 3.05) is 39.8 Å². The molecule has 25 heavy (non-hydrogen) atoms. The van der Waals surface area contributed by atoms with Crippen LogP contribution in [0.25, 0.3) is 10.9 Å². The van der Waals surface area contributed by atoms with Gasteiger partial charge in [0.25, 0.3) is 5.91 Å². The first-order valence-electron chi connectivity index (χ1n) is 9.53. The van der Waals surface area contributed by atoms with Gasteiger partial charge < -0.3 is 20.1 Å². The number of nitrogens with one attached hydrogen (secondary N) is 2. The molecule has 5 heteroatoms. The van der Waals surface area contributed by atoms with Gasteiger partial charge in [0, 0.05) is 54.8 Å². The number of likely N-dealkylation sites (N-methyl/N-ethyl adjacent to an activating group) is 1. The van der Waals surface area contributed by atoms with E-state index in [2.05, 4.69) is 33.2 Å². The Bertz CT molecular complexity index is 760. The fraction of sp³-hybridized carbons (Fsp3) is 0.550. The summed E-state index contributed by atoms with van der Waals surface area (Å²) < 4.78 is 0. The van der Waals surface area contributed by atoms with Gasteiger partial charge in [0.05, 0.1) is 0 Å². The fourth-order valence-electron chi connectivity index (χ4n) is 4.10. The molecule has 4 rings (SSSR count). The molecule has 0 atom stereocenters. The number of nitrogens with zero attached hydrogens (tertiary/aromatic N) is 2. The normalized spacial score (nSPS) is 19.1. The van der Waals surface area contributed by atoms with Gasteiger partial charge in [-0.2, -0.15) is 0 Å². The van der Waals surface area contributed by atoms with Crippen molar-refractivity contribution >= 4 is 16.8 Å². The summed E-state index contributed by atoms with van der Waals surface area (Å²) in [5.41, 5.74) is 4.59.